The summed E-state index contributed by atoms with van der Waals surface area (Å²) in [6.45, 7) is 6.14. The number of carboxylic acid groups (broad SMARTS) is 1. The zero-order chi connectivity index (χ0) is 22.5. The first-order valence-electron chi connectivity index (χ1n) is 10.7. The lowest BCUT2D eigenvalue weighted by Gasteiger charge is -2.45. The van der Waals surface area contributed by atoms with Crippen LogP contribution < -0.4 is 0 Å². The summed E-state index contributed by atoms with van der Waals surface area (Å²) >= 11 is 0. The van der Waals surface area contributed by atoms with Crippen molar-refractivity contribution in [2.75, 3.05) is 39.4 Å². The van der Waals surface area contributed by atoms with Crippen LogP contribution in [0.2, 0.25) is 0 Å². The quantitative estimate of drug-likeness (QED) is 0.766. The largest absolute Gasteiger partial charge is 0.490 e. The van der Waals surface area contributed by atoms with Gasteiger partial charge >= 0.3 is 12.1 Å². The van der Waals surface area contributed by atoms with Gasteiger partial charge in [0.25, 0.3) is 5.91 Å². The average Bonchev–Trinajstić information content (AvgIpc) is 3.41. The van der Waals surface area contributed by atoms with E-state index in [0.29, 0.717) is 5.76 Å². The number of hydrogen-bond acceptors (Lipinski definition) is 5. The highest BCUT2D eigenvalue weighted by Gasteiger charge is 2.46. The van der Waals surface area contributed by atoms with Crippen LogP contribution in [-0.2, 0) is 9.53 Å². The molecule has 0 radical (unpaired) electrons. The monoisotopic (exact) mass is 446 g/mol. The van der Waals surface area contributed by atoms with Crippen LogP contribution in [-0.4, -0.2) is 77.9 Å². The summed E-state index contributed by atoms with van der Waals surface area (Å²) in [6, 6.07) is 3.58. The van der Waals surface area contributed by atoms with Crippen molar-refractivity contribution in [1.29, 1.82) is 0 Å². The number of rotatable bonds is 3. The number of halogens is 3. The zero-order valence-electron chi connectivity index (χ0n) is 17.4. The van der Waals surface area contributed by atoms with E-state index in [1.165, 1.54) is 19.4 Å². The third-order valence-corrected chi connectivity index (χ3v) is 6.46. The van der Waals surface area contributed by atoms with E-state index in [-0.39, 0.29) is 11.4 Å². The fourth-order valence-electron chi connectivity index (χ4n) is 4.75. The van der Waals surface area contributed by atoms with Gasteiger partial charge in [0.1, 0.15) is 0 Å². The minimum absolute atomic E-state index is 0.0655. The summed E-state index contributed by atoms with van der Waals surface area (Å²) in [6.07, 6.45) is 3.37. The van der Waals surface area contributed by atoms with Crippen molar-refractivity contribution >= 4 is 11.9 Å². The molecule has 1 N–H and O–H groups in total. The van der Waals surface area contributed by atoms with Gasteiger partial charge < -0.3 is 24.1 Å². The second-order valence-electron chi connectivity index (χ2n) is 8.42. The van der Waals surface area contributed by atoms with Gasteiger partial charge in [-0.25, -0.2) is 4.79 Å². The van der Waals surface area contributed by atoms with Crippen molar-refractivity contribution in [3.63, 3.8) is 0 Å². The highest BCUT2D eigenvalue weighted by atomic mass is 19.4. The Bertz CT molecular complexity index is 724. The van der Waals surface area contributed by atoms with Gasteiger partial charge in [0.2, 0.25) is 0 Å². The normalized spacial score (nSPS) is 22.2. The summed E-state index contributed by atoms with van der Waals surface area (Å²) < 4.78 is 42.6. The fraction of sp³-hybridized carbons (Fsp3) is 0.714. The van der Waals surface area contributed by atoms with Crippen molar-refractivity contribution in [2.45, 2.75) is 50.2 Å². The number of aliphatic carboxylic acids is 1. The zero-order valence-corrected chi connectivity index (χ0v) is 17.4. The lowest BCUT2D eigenvalue weighted by molar-refractivity contribution is -0.192. The summed E-state index contributed by atoms with van der Waals surface area (Å²) in [4.78, 5) is 26.4. The Kier molecular flexibility index (Phi) is 7.64. The molecule has 10 heteroatoms. The van der Waals surface area contributed by atoms with Gasteiger partial charge in [-0.1, -0.05) is 0 Å². The maximum absolute atomic E-state index is 12.8. The Hall–Kier alpha value is -2.07. The number of carbonyl (C=O) groups is 2. The summed E-state index contributed by atoms with van der Waals surface area (Å²) in [5.74, 6) is -1.40. The van der Waals surface area contributed by atoms with Crippen LogP contribution in [0.25, 0.3) is 0 Å². The standard InChI is InChI=1S/C19H28N2O3.C2HF3O2/c22-18(17-3-1-12-24-17)21-9-2-6-19(21)7-10-20(11-8-19)15-16-4-13-23-14-5-16;3-2(4,5)1(6)7/h1,3,12,16H,2,4-11,13-15H2;(H,6,7). The molecule has 1 spiro atoms. The molecule has 3 saturated heterocycles. The number of nitrogens with zero attached hydrogens (tertiary/aromatic N) is 2. The van der Waals surface area contributed by atoms with E-state index in [2.05, 4.69) is 9.80 Å². The molecule has 174 valence electrons. The molecule has 4 rings (SSSR count). The number of carboxylic acids is 1. The van der Waals surface area contributed by atoms with Gasteiger partial charge in [-0.2, -0.15) is 13.2 Å². The van der Waals surface area contributed by atoms with Crippen LogP contribution in [0.3, 0.4) is 0 Å². The van der Waals surface area contributed by atoms with E-state index < -0.39 is 12.1 Å². The lowest BCUT2D eigenvalue weighted by atomic mass is 9.84. The first-order valence-corrected chi connectivity index (χ1v) is 10.7. The number of alkyl halides is 3. The molecular weight excluding hydrogens is 417 g/mol. The molecule has 0 unspecified atom stereocenters. The van der Waals surface area contributed by atoms with E-state index in [4.69, 9.17) is 19.1 Å². The van der Waals surface area contributed by atoms with E-state index >= 15 is 0 Å². The van der Waals surface area contributed by atoms with Gasteiger partial charge in [0.05, 0.1) is 6.26 Å². The Morgan fingerprint density at radius 1 is 1.13 bits per heavy atom. The SMILES string of the molecule is O=C(O)C(F)(F)F.O=C(c1ccco1)N1CCCC12CCN(CC1CCOCC1)CC2. The predicted molar refractivity (Wildman–Crippen MR) is 105 cm³/mol. The molecule has 1 amide bonds. The van der Waals surface area contributed by atoms with Crippen LogP contribution in [0, 0.1) is 5.92 Å². The minimum atomic E-state index is -5.08. The summed E-state index contributed by atoms with van der Waals surface area (Å²) in [7, 11) is 0. The van der Waals surface area contributed by atoms with Crippen LogP contribution in [0.4, 0.5) is 13.2 Å². The van der Waals surface area contributed by atoms with Crippen molar-refractivity contribution < 1.29 is 37.0 Å². The van der Waals surface area contributed by atoms with Crippen molar-refractivity contribution in [2.24, 2.45) is 5.92 Å². The third kappa shape index (κ3) is 6.00. The maximum Gasteiger partial charge on any atom is 0.490 e. The van der Waals surface area contributed by atoms with Crippen LogP contribution >= 0.6 is 0 Å². The van der Waals surface area contributed by atoms with E-state index in [0.717, 1.165) is 64.4 Å². The fourth-order valence-corrected chi connectivity index (χ4v) is 4.75. The molecule has 3 aliphatic heterocycles. The maximum atomic E-state index is 12.8. The number of ether oxygens (including phenoxy) is 1. The molecule has 0 bridgehead atoms. The van der Waals surface area contributed by atoms with Gasteiger partial charge in [-0.05, 0) is 56.6 Å². The predicted octanol–water partition coefficient (Wildman–Crippen LogP) is 3.41. The number of piperidine rings is 1. The number of carbonyl (C=O) groups excluding carboxylic acids is 1. The van der Waals surface area contributed by atoms with Gasteiger partial charge in [-0.3, -0.25) is 4.79 Å². The molecule has 0 saturated carbocycles. The molecule has 31 heavy (non-hydrogen) atoms. The Labute approximate surface area is 179 Å². The molecule has 0 atom stereocenters. The second-order valence-corrected chi connectivity index (χ2v) is 8.42. The molecule has 4 heterocycles. The van der Waals surface area contributed by atoms with Crippen molar-refractivity contribution in [3.05, 3.63) is 24.2 Å². The molecule has 1 aromatic rings. The van der Waals surface area contributed by atoms with Gasteiger partial charge in [0.15, 0.2) is 5.76 Å². The molecule has 1 aromatic heterocycles. The van der Waals surface area contributed by atoms with Gasteiger partial charge in [0, 0.05) is 44.9 Å². The smallest absolute Gasteiger partial charge is 0.475 e. The molecule has 0 aromatic carbocycles. The van der Waals surface area contributed by atoms with Crippen molar-refractivity contribution in [1.82, 2.24) is 9.80 Å². The molecular formula is C21H29F3N2O5. The second kappa shape index (κ2) is 10.0. The summed E-state index contributed by atoms with van der Waals surface area (Å²) in [5, 5.41) is 7.12. The first kappa shape index (κ1) is 23.6. The highest BCUT2D eigenvalue weighted by Crippen LogP contribution is 2.39. The third-order valence-electron chi connectivity index (χ3n) is 6.46. The average molecular weight is 446 g/mol. The van der Waals surface area contributed by atoms with E-state index in [9.17, 15) is 18.0 Å². The van der Waals surface area contributed by atoms with Crippen LogP contribution in [0.15, 0.2) is 22.8 Å². The number of amides is 1. The Balaban J connectivity index is 0.000000339. The van der Waals surface area contributed by atoms with E-state index in [1.807, 2.05) is 0 Å². The first-order chi connectivity index (χ1) is 14.7. The molecule has 3 aliphatic rings. The lowest BCUT2D eigenvalue weighted by Crippen LogP contribution is -2.54. The Morgan fingerprint density at radius 3 is 2.32 bits per heavy atom. The number of furan rings is 1. The van der Waals surface area contributed by atoms with Gasteiger partial charge in [-0.15, -0.1) is 0 Å². The minimum Gasteiger partial charge on any atom is -0.475 e. The molecule has 0 aliphatic carbocycles. The topological polar surface area (TPSA) is 83.2 Å². The summed E-state index contributed by atoms with van der Waals surface area (Å²) in [5.41, 5.74) is 0.0655. The highest BCUT2D eigenvalue weighted by molar-refractivity contribution is 5.92. The van der Waals surface area contributed by atoms with Crippen LogP contribution in [0.1, 0.15) is 49.1 Å². The molecule has 7 nitrogen and oxygen atoms in total. The molecule has 3 fully saturated rings. The number of likely N-dealkylation sites (tertiary alicyclic amines) is 2. The van der Waals surface area contributed by atoms with Crippen LogP contribution in [0.5, 0.6) is 0 Å². The number of hydrogen-bond donors (Lipinski definition) is 1. The van der Waals surface area contributed by atoms with Crippen molar-refractivity contribution in [3.8, 4) is 0 Å². The van der Waals surface area contributed by atoms with E-state index in [1.54, 1.807) is 18.4 Å². The Morgan fingerprint density at radius 2 is 1.77 bits per heavy atom.